The zero-order valence-electron chi connectivity index (χ0n) is 22.3. The van der Waals surface area contributed by atoms with Gasteiger partial charge >= 0.3 is 6.03 Å². The number of H-pyrrole nitrogens is 1. The van der Waals surface area contributed by atoms with Crippen molar-refractivity contribution in [3.8, 4) is 11.3 Å². The highest BCUT2D eigenvalue weighted by molar-refractivity contribution is 6.13. The van der Waals surface area contributed by atoms with Gasteiger partial charge in [0.05, 0.1) is 11.4 Å². The molecule has 0 aliphatic carbocycles. The molecule has 196 valence electrons. The number of aromatic amines is 1. The van der Waals surface area contributed by atoms with Gasteiger partial charge in [-0.05, 0) is 47.7 Å². The van der Waals surface area contributed by atoms with Gasteiger partial charge in [0.1, 0.15) is 5.82 Å². The van der Waals surface area contributed by atoms with Crippen molar-refractivity contribution in [3.05, 3.63) is 102 Å². The van der Waals surface area contributed by atoms with E-state index in [0.29, 0.717) is 22.8 Å². The van der Waals surface area contributed by atoms with Gasteiger partial charge in [0.15, 0.2) is 0 Å². The topological polar surface area (TPSA) is 112 Å². The monoisotopic (exact) mass is 518 g/mol. The minimum Gasteiger partial charge on any atom is -0.321 e. The van der Waals surface area contributed by atoms with Gasteiger partial charge in [-0.1, -0.05) is 63.2 Å². The molecule has 0 aliphatic heterocycles. The molecule has 4 N–H and O–H groups in total. The molecule has 39 heavy (non-hydrogen) atoms. The molecule has 0 spiro atoms. The third-order valence-corrected chi connectivity index (χ3v) is 6.61. The molecule has 3 aromatic carbocycles. The minimum absolute atomic E-state index is 0.0114. The highest BCUT2D eigenvalue weighted by Gasteiger charge is 2.19. The van der Waals surface area contributed by atoms with Crippen LogP contribution in [0.2, 0.25) is 0 Å². The lowest BCUT2D eigenvalue weighted by molar-refractivity contribution is 0.102. The molecule has 0 saturated carbocycles. The standard InChI is InChI=1S/C31H30N6O2/c1-19-21(10-7-11-24(19)31(2,3)4)27-18-28(37-36-27)35-30(39)34-26-13-12-25(22-8-5-6-9-23(22)26)33-29(38)20-14-16-32-17-15-20/h5-18H,1-4H3,(H,33,38)(H3,34,35,36,37,39). The number of hydrogen-bond donors (Lipinski definition) is 4. The lowest BCUT2D eigenvalue weighted by atomic mass is 9.82. The SMILES string of the molecule is Cc1c(-c2cc(NC(=O)Nc3ccc(NC(=O)c4ccncc4)c4ccccc34)[nH]n2)cccc1C(C)(C)C. The van der Waals surface area contributed by atoms with Gasteiger partial charge in [-0.25, -0.2) is 4.79 Å². The van der Waals surface area contributed by atoms with Crippen LogP contribution in [-0.4, -0.2) is 27.1 Å². The number of carbonyl (C=O) groups is 2. The summed E-state index contributed by atoms with van der Waals surface area (Å²) in [6, 6.07) is 22.0. The Hall–Kier alpha value is -4.98. The Morgan fingerprint density at radius 1 is 0.795 bits per heavy atom. The predicted molar refractivity (Wildman–Crippen MR) is 156 cm³/mol. The van der Waals surface area contributed by atoms with E-state index >= 15 is 0 Å². The van der Waals surface area contributed by atoms with Crippen LogP contribution in [0.1, 0.15) is 42.3 Å². The van der Waals surface area contributed by atoms with E-state index in [1.54, 1.807) is 36.7 Å². The van der Waals surface area contributed by atoms with Crippen LogP contribution in [0.25, 0.3) is 22.0 Å². The predicted octanol–water partition coefficient (Wildman–Crippen LogP) is 7.13. The van der Waals surface area contributed by atoms with E-state index in [4.69, 9.17) is 0 Å². The van der Waals surface area contributed by atoms with E-state index in [1.807, 2.05) is 42.5 Å². The molecule has 5 aromatic rings. The van der Waals surface area contributed by atoms with Crippen LogP contribution >= 0.6 is 0 Å². The molecule has 0 radical (unpaired) electrons. The van der Waals surface area contributed by atoms with Crippen LogP contribution in [0.5, 0.6) is 0 Å². The number of nitrogens with zero attached hydrogens (tertiary/aromatic N) is 2. The lowest BCUT2D eigenvalue weighted by Gasteiger charge is -2.22. The molecule has 3 amide bonds. The van der Waals surface area contributed by atoms with Crippen molar-refractivity contribution in [1.82, 2.24) is 15.2 Å². The molecule has 2 heterocycles. The molecule has 0 saturated heterocycles. The minimum atomic E-state index is -0.413. The van der Waals surface area contributed by atoms with Gasteiger partial charge in [-0.3, -0.25) is 20.2 Å². The zero-order chi connectivity index (χ0) is 27.6. The Balaban J connectivity index is 1.33. The highest BCUT2D eigenvalue weighted by Crippen LogP contribution is 2.33. The average Bonchev–Trinajstić information content (AvgIpc) is 3.38. The second kappa shape index (κ2) is 10.4. The lowest BCUT2D eigenvalue weighted by Crippen LogP contribution is -2.20. The molecule has 0 atom stereocenters. The van der Waals surface area contributed by atoms with Crippen LogP contribution in [0.3, 0.4) is 0 Å². The van der Waals surface area contributed by atoms with E-state index in [2.05, 4.69) is 64.9 Å². The molecule has 2 aromatic heterocycles. The summed E-state index contributed by atoms with van der Waals surface area (Å²) in [6.07, 6.45) is 3.15. The van der Waals surface area contributed by atoms with Crippen LogP contribution in [0.4, 0.5) is 22.0 Å². The number of rotatable bonds is 5. The first-order valence-corrected chi connectivity index (χ1v) is 12.7. The maximum Gasteiger partial charge on any atom is 0.324 e. The van der Waals surface area contributed by atoms with Crippen molar-refractivity contribution < 1.29 is 9.59 Å². The van der Waals surface area contributed by atoms with E-state index in [-0.39, 0.29) is 11.3 Å². The highest BCUT2D eigenvalue weighted by atomic mass is 16.2. The number of benzene rings is 3. The number of carbonyl (C=O) groups excluding carboxylic acids is 2. The summed E-state index contributed by atoms with van der Waals surface area (Å²) in [5.74, 6) is 0.243. The largest absolute Gasteiger partial charge is 0.324 e. The summed E-state index contributed by atoms with van der Waals surface area (Å²) >= 11 is 0. The fourth-order valence-electron chi connectivity index (χ4n) is 4.74. The number of fused-ring (bicyclic) bond motifs is 1. The van der Waals surface area contributed by atoms with E-state index < -0.39 is 6.03 Å². The van der Waals surface area contributed by atoms with Gasteiger partial charge in [0.2, 0.25) is 0 Å². The first kappa shape index (κ1) is 25.7. The van der Waals surface area contributed by atoms with E-state index in [9.17, 15) is 9.59 Å². The smallest absolute Gasteiger partial charge is 0.321 e. The third kappa shape index (κ3) is 5.50. The quantitative estimate of drug-likeness (QED) is 0.198. The molecule has 5 rings (SSSR count). The fraction of sp³-hybridized carbons (Fsp3) is 0.161. The molecular weight excluding hydrogens is 488 g/mol. The van der Waals surface area contributed by atoms with Crippen molar-refractivity contribution in [3.63, 3.8) is 0 Å². The molecule has 0 bridgehead atoms. The van der Waals surface area contributed by atoms with Gasteiger partial charge in [0, 0.05) is 46.0 Å². The van der Waals surface area contributed by atoms with Crippen molar-refractivity contribution in [2.45, 2.75) is 33.1 Å². The van der Waals surface area contributed by atoms with Crippen LogP contribution < -0.4 is 16.0 Å². The van der Waals surface area contributed by atoms with Crippen molar-refractivity contribution >= 4 is 39.9 Å². The molecular formula is C31H30N6O2. The molecule has 0 aliphatic rings. The van der Waals surface area contributed by atoms with Crippen molar-refractivity contribution in [2.24, 2.45) is 0 Å². The van der Waals surface area contributed by atoms with Gasteiger partial charge in [-0.2, -0.15) is 5.10 Å². The summed E-state index contributed by atoms with van der Waals surface area (Å²) in [6.45, 7) is 8.66. The van der Waals surface area contributed by atoms with Crippen LogP contribution in [0, 0.1) is 6.92 Å². The number of aromatic nitrogens is 3. The molecule has 8 nitrogen and oxygen atoms in total. The molecule has 0 unspecified atom stereocenters. The second-order valence-electron chi connectivity index (χ2n) is 10.4. The fourth-order valence-corrected chi connectivity index (χ4v) is 4.74. The Bertz CT molecular complexity index is 1670. The summed E-state index contributed by atoms with van der Waals surface area (Å²) in [5, 5.41) is 17.6. The molecule has 8 heteroatoms. The van der Waals surface area contributed by atoms with E-state index in [1.165, 1.54) is 5.56 Å². The maximum atomic E-state index is 12.9. The first-order chi connectivity index (χ1) is 18.7. The zero-order valence-corrected chi connectivity index (χ0v) is 22.3. The Morgan fingerprint density at radius 2 is 1.46 bits per heavy atom. The van der Waals surface area contributed by atoms with Crippen LogP contribution in [0.15, 0.2) is 85.2 Å². The Kier molecular flexibility index (Phi) is 6.85. The van der Waals surface area contributed by atoms with E-state index in [0.717, 1.165) is 27.6 Å². The van der Waals surface area contributed by atoms with Gasteiger partial charge in [0.25, 0.3) is 5.91 Å². The number of amides is 3. The summed E-state index contributed by atoms with van der Waals surface area (Å²) < 4.78 is 0. The Morgan fingerprint density at radius 3 is 2.13 bits per heavy atom. The first-order valence-electron chi connectivity index (χ1n) is 12.7. The summed E-state index contributed by atoms with van der Waals surface area (Å²) in [5.41, 5.74) is 5.96. The molecule has 0 fully saturated rings. The third-order valence-electron chi connectivity index (χ3n) is 6.61. The van der Waals surface area contributed by atoms with Gasteiger partial charge in [-0.15, -0.1) is 0 Å². The number of pyridine rings is 1. The number of urea groups is 1. The second-order valence-corrected chi connectivity index (χ2v) is 10.4. The number of nitrogens with one attached hydrogen (secondary N) is 4. The summed E-state index contributed by atoms with van der Waals surface area (Å²) in [7, 11) is 0. The van der Waals surface area contributed by atoms with Crippen molar-refractivity contribution in [2.75, 3.05) is 16.0 Å². The number of hydrogen-bond acceptors (Lipinski definition) is 4. The maximum absolute atomic E-state index is 12.9. The van der Waals surface area contributed by atoms with Gasteiger partial charge < -0.3 is 10.6 Å². The van der Waals surface area contributed by atoms with Crippen LogP contribution in [-0.2, 0) is 5.41 Å². The Labute approximate surface area is 226 Å². The summed E-state index contributed by atoms with van der Waals surface area (Å²) in [4.78, 5) is 29.6. The number of anilines is 3. The average molecular weight is 519 g/mol. The normalized spacial score (nSPS) is 11.3. The van der Waals surface area contributed by atoms with Crippen molar-refractivity contribution in [1.29, 1.82) is 0 Å².